The van der Waals surface area contributed by atoms with Crippen LogP contribution in [0.3, 0.4) is 0 Å². The van der Waals surface area contributed by atoms with E-state index in [4.69, 9.17) is 21.1 Å². The zero-order chi connectivity index (χ0) is 23.6. The minimum absolute atomic E-state index is 0.586. The summed E-state index contributed by atoms with van der Waals surface area (Å²) in [5.41, 5.74) is 5.37. The van der Waals surface area contributed by atoms with Gasteiger partial charge < -0.3 is 42.1 Å². The number of aliphatic hydroxyl groups is 1. The third-order valence-electron chi connectivity index (χ3n) is 3.79. The van der Waals surface area contributed by atoms with Crippen molar-refractivity contribution >= 4 is 35.6 Å². The van der Waals surface area contributed by atoms with E-state index in [1.165, 1.54) is 13.8 Å². The van der Waals surface area contributed by atoms with E-state index in [1.54, 1.807) is 0 Å². The van der Waals surface area contributed by atoms with Crippen molar-refractivity contribution in [1.29, 1.82) is 0 Å². The van der Waals surface area contributed by atoms with Crippen molar-refractivity contribution in [1.82, 2.24) is 16.0 Å². The maximum Gasteiger partial charge on any atom is 0.326 e. The summed E-state index contributed by atoms with van der Waals surface area (Å²) < 4.78 is 0. The first kappa shape index (κ1) is 26.7. The van der Waals surface area contributed by atoms with E-state index in [-0.39, 0.29) is 0 Å². The molecule has 14 heteroatoms. The topological polar surface area (TPSA) is 245 Å². The molecule has 4 unspecified atom stereocenters. The molecule has 0 bridgehead atoms. The zero-order valence-corrected chi connectivity index (χ0v) is 16.3. The summed E-state index contributed by atoms with van der Waals surface area (Å²) >= 11 is 0. The molecule has 0 radical (unpaired) electrons. The largest absolute Gasteiger partial charge is 0.481 e. The molecule has 0 fully saturated rings. The van der Waals surface area contributed by atoms with Crippen molar-refractivity contribution in [3.8, 4) is 0 Å². The molecule has 14 nitrogen and oxygen atoms in total. The highest BCUT2D eigenvalue weighted by Gasteiger charge is 2.32. The average molecular weight is 434 g/mol. The van der Waals surface area contributed by atoms with Gasteiger partial charge in [0.25, 0.3) is 0 Å². The van der Waals surface area contributed by atoms with Gasteiger partial charge in [0.2, 0.25) is 17.7 Å². The van der Waals surface area contributed by atoms with Crippen LogP contribution in [0.4, 0.5) is 0 Å². The van der Waals surface area contributed by atoms with Crippen LogP contribution in [0.5, 0.6) is 0 Å². The molecule has 4 atom stereocenters. The van der Waals surface area contributed by atoms with E-state index in [9.17, 15) is 33.9 Å². The molecular formula is C16H26N4O10. The van der Waals surface area contributed by atoms with Crippen molar-refractivity contribution < 1.29 is 49.2 Å². The Kier molecular flexibility index (Phi) is 11.0. The van der Waals surface area contributed by atoms with Gasteiger partial charge in [-0.05, 0) is 5.92 Å². The van der Waals surface area contributed by atoms with Gasteiger partial charge in [-0.25, -0.2) is 4.79 Å². The SMILES string of the molecule is CC(C)C(NC(=O)C(CO)NC(=O)C(N)CC(=O)O)C(=O)NC(CC(=O)O)C(=O)O. The molecule has 0 rings (SSSR count). The number of rotatable bonds is 13. The monoisotopic (exact) mass is 434 g/mol. The molecule has 0 aliphatic heterocycles. The summed E-state index contributed by atoms with van der Waals surface area (Å²) in [4.78, 5) is 69.0. The number of nitrogens with two attached hydrogens (primary N) is 1. The van der Waals surface area contributed by atoms with Crippen LogP contribution in [-0.4, -0.2) is 86.8 Å². The van der Waals surface area contributed by atoms with Crippen LogP contribution >= 0.6 is 0 Å². The second-order valence-corrected chi connectivity index (χ2v) is 6.68. The van der Waals surface area contributed by atoms with E-state index in [1.807, 2.05) is 10.6 Å². The maximum absolute atomic E-state index is 12.4. The summed E-state index contributed by atoms with van der Waals surface area (Å²) in [7, 11) is 0. The molecule has 0 aromatic heterocycles. The average Bonchev–Trinajstić information content (AvgIpc) is 2.61. The van der Waals surface area contributed by atoms with E-state index in [0.717, 1.165) is 0 Å². The molecule has 0 heterocycles. The van der Waals surface area contributed by atoms with Gasteiger partial charge in [0.05, 0.1) is 25.5 Å². The second kappa shape index (κ2) is 12.3. The van der Waals surface area contributed by atoms with Gasteiger partial charge in [-0.3, -0.25) is 24.0 Å². The van der Waals surface area contributed by atoms with E-state index in [0.29, 0.717) is 0 Å². The first-order valence-corrected chi connectivity index (χ1v) is 8.74. The Morgan fingerprint density at radius 3 is 1.67 bits per heavy atom. The number of carboxylic acids is 3. The zero-order valence-electron chi connectivity index (χ0n) is 16.3. The summed E-state index contributed by atoms with van der Waals surface area (Å²) in [5, 5.41) is 42.0. The van der Waals surface area contributed by atoms with Gasteiger partial charge in [-0.2, -0.15) is 0 Å². The fourth-order valence-electron chi connectivity index (χ4n) is 2.18. The molecule has 3 amide bonds. The minimum Gasteiger partial charge on any atom is -0.481 e. The number of nitrogens with one attached hydrogen (secondary N) is 3. The fraction of sp³-hybridized carbons (Fsp3) is 0.625. The highest BCUT2D eigenvalue weighted by atomic mass is 16.4. The molecule has 0 saturated heterocycles. The van der Waals surface area contributed by atoms with Crippen LogP contribution in [0.2, 0.25) is 0 Å². The second-order valence-electron chi connectivity index (χ2n) is 6.68. The van der Waals surface area contributed by atoms with E-state index in [2.05, 4.69) is 5.32 Å². The lowest BCUT2D eigenvalue weighted by molar-refractivity contribution is -0.147. The lowest BCUT2D eigenvalue weighted by atomic mass is 10.0. The lowest BCUT2D eigenvalue weighted by Crippen LogP contribution is -2.59. The predicted molar refractivity (Wildman–Crippen MR) is 97.8 cm³/mol. The molecule has 0 aliphatic rings. The Hall–Kier alpha value is -3.26. The quantitative estimate of drug-likeness (QED) is 0.141. The third-order valence-corrected chi connectivity index (χ3v) is 3.79. The van der Waals surface area contributed by atoms with Crippen LogP contribution in [0.1, 0.15) is 26.7 Å². The number of amides is 3. The van der Waals surface area contributed by atoms with Crippen LogP contribution in [0.25, 0.3) is 0 Å². The molecule has 0 aliphatic carbocycles. The maximum atomic E-state index is 12.4. The number of carbonyl (C=O) groups is 6. The smallest absolute Gasteiger partial charge is 0.326 e. The summed E-state index contributed by atoms with van der Waals surface area (Å²) in [6.45, 7) is 2.11. The van der Waals surface area contributed by atoms with E-state index >= 15 is 0 Å². The number of hydrogen-bond donors (Lipinski definition) is 8. The molecular weight excluding hydrogens is 408 g/mol. The Labute approximate surface area is 170 Å². The first-order valence-electron chi connectivity index (χ1n) is 8.74. The third kappa shape index (κ3) is 9.29. The van der Waals surface area contributed by atoms with Gasteiger partial charge in [0.15, 0.2) is 0 Å². The summed E-state index contributed by atoms with van der Waals surface area (Å²) in [6, 6.07) is -6.12. The van der Waals surface area contributed by atoms with E-state index < -0.39 is 85.2 Å². The van der Waals surface area contributed by atoms with Crippen molar-refractivity contribution in [3.63, 3.8) is 0 Å². The summed E-state index contributed by atoms with van der Waals surface area (Å²) in [6.07, 6.45) is -1.61. The van der Waals surface area contributed by atoms with Crippen molar-refractivity contribution in [2.45, 2.75) is 50.9 Å². The number of carbonyl (C=O) groups excluding carboxylic acids is 3. The molecule has 170 valence electrons. The molecule has 0 aromatic rings. The van der Waals surface area contributed by atoms with Gasteiger partial charge in [0.1, 0.15) is 18.1 Å². The predicted octanol–water partition coefficient (Wildman–Crippen LogP) is -3.55. The Bertz CT molecular complexity index is 681. The highest BCUT2D eigenvalue weighted by Crippen LogP contribution is 2.05. The van der Waals surface area contributed by atoms with Crippen LogP contribution in [0.15, 0.2) is 0 Å². The lowest BCUT2D eigenvalue weighted by Gasteiger charge is -2.26. The number of hydrogen-bond acceptors (Lipinski definition) is 8. The minimum atomic E-state index is -1.74. The summed E-state index contributed by atoms with van der Waals surface area (Å²) in [5.74, 6) is -8.03. The van der Waals surface area contributed by atoms with Gasteiger partial charge in [-0.1, -0.05) is 13.8 Å². The van der Waals surface area contributed by atoms with Crippen LogP contribution in [0, 0.1) is 5.92 Å². The Balaban J connectivity index is 5.21. The molecule has 9 N–H and O–H groups in total. The van der Waals surface area contributed by atoms with Gasteiger partial charge in [-0.15, -0.1) is 0 Å². The number of aliphatic hydroxyl groups excluding tert-OH is 1. The first-order chi connectivity index (χ1) is 13.8. The number of aliphatic carboxylic acids is 3. The molecule has 0 saturated carbocycles. The van der Waals surface area contributed by atoms with Crippen LogP contribution in [-0.2, 0) is 28.8 Å². The highest BCUT2D eigenvalue weighted by molar-refractivity contribution is 5.95. The fourth-order valence-corrected chi connectivity index (χ4v) is 2.18. The van der Waals surface area contributed by atoms with Crippen LogP contribution < -0.4 is 21.7 Å². The van der Waals surface area contributed by atoms with Gasteiger partial charge in [0, 0.05) is 0 Å². The standard InChI is InChI=1S/C16H26N4O10/c1-6(2)12(15(28)18-8(16(29)30)4-11(24)25)20-14(27)9(5-21)19-13(26)7(17)3-10(22)23/h6-9,12,21H,3-5,17H2,1-2H3,(H,18,28)(H,19,26)(H,20,27)(H,22,23)(H,24,25)(H,29,30). The Morgan fingerprint density at radius 2 is 1.27 bits per heavy atom. The molecule has 0 aromatic carbocycles. The Morgan fingerprint density at radius 1 is 0.767 bits per heavy atom. The van der Waals surface area contributed by atoms with Gasteiger partial charge >= 0.3 is 17.9 Å². The van der Waals surface area contributed by atoms with Crippen molar-refractivity contribution in [2.24, 2.45) is 11.7 Å². The normalized spacial score (nSPS) is 14.7. The number of carboxylic acid groups (broad SMARTS) is 3. The van der Waals surface area contributed by atoms with Crippen molar-refractivity contribution in [2.75, 3.05) is 6.61 Å². The molecule has 30 heavy (non-hydrogen) atoms. The molecule has 0 spiro atoms. The van der Waals surface area contributed by atoms with Crippen molar-refractivity contribution in [3.05, 3.63) is 0 Å².